The minimum atomic E-state index is -0.0417. The van der Waals surface area contributed by atoms with Crippen molar-refractivity contribution < 1.29 is 9.59 Å². The summed E-state index contributed by atoms with van der Waals surface area (Å²) < 4.78 is 0. The maximum Gasteiger partial charge on any atom is 0.223 e. The fourth-order valence-corrected chi connectivity index (χ4v) is 3.14. The highest BCUT2D eigenvalue weighted by Crippen LogP contribution is 2.27. The number of nitrogens with zero attached hydrogens (tertiary/aromatic N) is 1. The zero-order valence-corrected chi connectivity index (χ0v) is 16.6. The highest BCUT2D eigenvalue weighted by Gasteiger charge is 2.17. The first-order chi connectivity index (χ1) is 13.0. The second-order valence-corrected chi connectivity index (χ2v) is 7.07. The Hall–Kier alpha value is -2.62. The van der Waals surface area contributed by atoms with Crippen molar-refractivity contribution in [3.8, 4) is 0 Å². The predicted molar refractivity (Wildman–Crippen MR) is 111 cm³/mol. The van der Waals surface area contributed by atoms with Gasteiger partial charge in [0.2, 0.25) is 11.8 Å². The fraction of sp³-hybridized carbons (Fsp3) is 0.391. The van der Waals surface area contributed by atoms with Crippen LogP contribution in [0, 0.1) is 0 Å². The van der Waals surface area contributed by atoms with Crippen LogP contribution in [0.1, 0.15) is 50.7 Å². The lowest BCUT2D eigenvalue weighted by molar-refractivity contribution is -0.121. The quantitative estimate of drug-likeness (QED) is 0.673. The second-order valence-electron chi connectivity index (χ2n) is 7.07. The number of rotatable bonds is 9. The van der Waals surface area contributed by atoms with Crippen molar-refractivity contribution in [3.05, 3.63) is 65.7 Å². The van der Waals surface area contributed by atoms with Crippen LogP contribution in [-0.4, -0.2) is 24.9 Å². The molecule has 4 nitrogen and oxygen atoms in total. The van der Waals surface area contributed by atoms with E-state index in [-0.39, 0.29) is 11.8 Å². The van der Waals surface area contributed by atoms with Gasteiger partial charge in [0, 0.05) is 32.1 Å². The van der Waals surface area contributed by atoms with Crippen LogP contribution in [-0.2, 0) is 16.0 Å². The molecule has 2 amide bonds. The van der Waals surface area contributed by atoms with Crippen molar-refractivity contribution in [2.45, 2.75) is 46.0 Å². The van der Waals surface area contributed by atoms with E-state index in [4.69, 9.17) is 0 Å². The molecule has 4 heteroatoms. The van der Waals surface area contributed by atoms with Crippen molar-refractivity contribution in [2.75, 3.05) is 18.0 Å². The number of amides is 2. The van der Waals surface area contributed by atoms with E-state index in [9.17, 15) is 9.59 Å². The van der Waals surface area contributed by atoms with Crippen LogP contribution < -0.4 is 10.2 Å². The third-order valence-corrected chi connectivity index (χ3v) is 4.60. The van der Waals surface area contributed by atoms with Crippen LogP contribution in [0.5, 0.6) is 0 Å². The zero-order chi connectivity index (χ0) is 19.6. The van der Waals surface area contributed by atoms with Gasteiger partial charge < -0.3 is 10.2 Å². The highest BCUT2D eigenvalue weighted by molar-refractivity contribution is 5.93. The summed E-state index contributed by atoms with van der Waals surface area (Å²) in [6.45, 7) is 6.81. The third-order valence-electron chi connectivity index (χ3n) is 4.60. The molecule has 0 saturated heterocycles. The maximum atomic E-state index is 12.2. The summed E-state index contributed by atoms with van der Waals surface area (Å²) in [4.78, 5) is 26.0. The van der Waals surface area contributed by atoms with Crippen molar-refractivity contribution in [1.29, 1.82) is 0 Å². The molecule has 0 heterocycles. The Kier molecular flexibility index (Phi) is 8.05. The van der Waals surface area contributed by atoms with E-state index in [1.807, 2.05) is 42.5 Å². The molecule has 144 valence electrons. The smallest absolute Gasteiger partial charge is 0.223 e. The number of hydrogen-bond acceptors (Lipinski definition) is 2. The molecular weight excluding hydrogens is 336 g/mol. The van der Waals surface area contributed by atoms with Crippen molar-refractivity contribution in [1.82, 2.24) is 5.32 Å². The van der Waals surface area contributed by atoms with Gasteiger partial charge in [0.1, 0.15) is 0 Å². The van der Waals surface area contributed by atoms with Crippen LogP contribution in [0.3, 0.4) is 0 Å². The number of hydrogen-bond donors (Lipinski definition) is 1. The number of para-hydroxylation sites is 1. The Morgan fingerprint density at radius 2 is 1.67 bits per heavy atom. The van der Waals surface area contributed by atoms with Crippen molar-refractivity contribution in [3.63, 3.8) is 0 Å². The van der Waals surface area contributed by atoms with Gasteiger partial charge in [-0.05, 0) is 36.0 Å². The number of anilines is 1. The van der Waals surface area contributed by atoms with Crippen LogP contribution >= 0.6 is 0 Å². The van der Waals surface area contributed by atoms with Crippen LogP contribution in [0.2, 0.25) is 0 Å². The molecule has 0 aliphatic carbocycles. The maximum absolute atomic E-state index is 12.2. The first-order valence-electron chi connectivity index (χ1n) is 9.66. The number of carbonyl (C=O) groups excluding carboxylic acids is 2. The van der Waals surface area contributed by atoms with E-state index < -0.39 is 0 Å². The van der Waals surface area contributed by atoms with Gasteiger partial charge in [0.15, 0.2) is 0 Å². The molecule has 0 atom stereocenters. The van der Waals surface area contributed by atoms with E-state index in [2.05, 4.69) is 31.3 Å². The van der Waals surface area contributed by atoms with Gasteiger partial charge in [-0.15, -0.1) is 0 Å². The molecule has 0 radical (unpaired) electrons. The lowest BCUT2D eigenvalue weighted by Gasteiger charge is -2.25. The van der Waals surface area contributed by atoms with Crippen molar-refractivity contribution >= 4 is 17.5 Å². The van der Waals surface area contributed by atoms with Gasteiger partial charge >= 0.3 is 0 Å². The summed E-state index contributed by atoms with van der Waals surface area (Å²) in [6.07, 6.45) is 2.15. The normalized spacial score (nSPS) is 10.7. The molecule has 0 bridgehead atoms. The van der Waals surface area contributed by atoms with Gasteiger partial charge in [-0.2, -0.15) is 0 Å². The average Bonchev–Trinajstić information content (AvgIpc) is 2.66. The van der Waals surface area contributed by atoms with Gasteiger partial charge in [-0.3, -0.25) is 9.59 Å². The standard InChI is InChI=1S/C23H30N2O2/c1-18(2)21-13-7-8-14-22(21)25(19(3)26)17-15-23(27)24-16-9-12-20-10-5-4-6-11-20/h4-8,10-11,13-14,18H,9,12,15-17H2,1-3H3,(H,24,27). The Bertz CT molecular complexity index is 741. The van der Waals surface area contributed by atoms with Crippen molar-refractivity contribution in [2.24, 2.45) is 0 Å². The number of carbonyl (C=O) groups is 2. The number of nitrogens with one attached hydrogen (secondary N) is 1. The summed E-state index contributed by atoms with van der Waals surface area (Å²) >= 11 is 0. The van der Waals surface area contributed by atoms with E-state index in [1.54, 1.807) is 11.8 Å². The topological polar surface area (TPSA) is 49.4 Å². The molecule has 1 N–H and O–H groups in total. The lowest BCUT2D eigenvalue weighted by Crippen LogP contribution is -2.34. The number of benzene rings is 2. The van der Waals surface area contributed by atoms with Gasteiger partial charge in [-0.25, -0.2) is 0 Å². The minimum absolute atomic E-state index is 0.0173. The Morgan fingerprint density at radius 1 is 1.00 bits per heavy atom. The molecule has 0 aliphatic rings. The summed E-state index contributed by atoms with van der Waals surface area (Å²) in [5, 5.41) is 2.96. The predicted octanol–water partition coefficient (Wildman–Crippen LogP) is 4.30. The average molecular weight is 367 g/mol. The van der Waals surface area contributed by atoms with Crippen LogP contribution in [0.15, 0.2) is 54.6 Å². The monoisotopic (exact) mass is 366 g/mol. The molecule has 0 spiro atoms. The summed E-state index contributed by atoms with van der Waals surface area (Å²) in [6, 6.07) is 18.2. The molecule has 2 rings (SSSR count). The Balaban J connectivity index is 1.83. The van der Waals surface area contributed by atoms with Crippen LogP contribution in [0.4, 0.5) is 5.69 Å². The molecule has 2 aromatic carbocycles. The fourth-order valence-electron chi connectivity index (χ4n) is 3.14. The Morgan fingerprint density at radius 3 is 2.33 bits per heavy atom. The number of aryl methyl sites for hydroxylation is 1. The first-order valence-corrected chi connectivity index (χ1v) is 9.66. The molecule has 0 saturated carbocycles. The minimum Gasteiger partial charge on any atom is -0.356 e. The lowest BCUT2D eigenvalue weighted by atomic mass is 10.0. The molecule has 0 aromatic heterocycles. The van der Waals surface area contributed by atoms with E-state index >= 15 is 0 Å². The molecule has 27 heavy (non-hydrogen) atoms. The van der Waals surface area contributed by atoms with Gasteiger partial charge in [-0.1, -0.05) is 62.4 Å². The van der Waals surface area contributed by atoms with E-state index in [1.165, 1.54) is 5.56 Å². The molecule has 0 unspecified atom stereocenters. The third kappa shape index (κ3) is 6.55. The van der Waals surface area contributed by atoms with Crippen LogP contribution in [0.25, 0.3) is 0 Å². The zero-order valence-electron chi connectivity index (χ0n) is 16.6. The molecular formula is C23H30N2O2. The molecule has 0 fully saturated rings. The van der Waals surface area contributed by atoms with E-state index in [0.29, 0.717) is 25.4 Å². The SMILES string of the molecule is CC(=O)N(CCC(=O)NCCCc1ccccc1)c1ccccc1C(C)C. The molecule has 0 aliphatic heterocycles. The second kappa shape index (κ2) is 10.5. The summed E-state index contributed by atoms with van der Waals surface area (Å²) in [5.41, 5.74) is 3.30. The van der Waals surface area contributed by atoms with E-state index in [0.717, 1.165) is 24.1 Å². The van der Waals surface area contributed by atoms with Gasteiger partial charge in [0.25, 0.3) is 0 Å². The summed E-state index contributed by atoms with van der Waals surface area (Å²) in [7, 11) is 0. The largest absolute Gasteiger partial charge is 0.356 e. The van der Waals surface area contributed by atoms with Gasteiger partial charge in [0.05, 0.1) is 0 Å². The summed E-state index contributed by atoms with van der Waals surface area (Å²) in [5.74, 6) is 0.256. The highest BCUT2D eigenvalue weighted by atomic mass is 16.2. The first kappa shape index (κ1) is 20.7. The molecule has 2 aromatic rings. The Labute approximate surface area is 162 Å².